The number of thioether (sulfide) groups is 1. The van der Waals surface area contributed by atoms with Crippen LogP contribution in [-0.4, -0.2) is 16.7 Å². The zero-order chi connectivity index (χ0) is 16.9. The van der Waals surface area contributed by atoms with Crippen molar-refractivity contribution in [3.63, 3.8) is 0 Å². The van der Waals surface area contributed by atoms with Crippen molar-refractivity contribution in [2.75, 3.05) is 0 Å². The molecule has 0 aromatic heterocycles. The average molecular weight is 348 g/mol. The van der Waals surface area contributed by atoms with Crippen LogP contribution in [0.5, 0.6) is 0 Å². The second-order valence-electron chi connectivity index (χ2n) is 6.25. The van der Waals surface area contributed by atoms with Crippen molar-refractivity contribution in [2.45, 2.75) is 42.9 Å². The van der Waals surface area contributed by atoms with E-state index in [4.69, 9.17) is 11.6 Å². The van der Waals surface area contributed by atoms with Crippen molar-refractivity contribution in [3.8, 4) is 0 Å². The number of nitrogens with one attached hydrogen (secondary N) is 1. The number of amides is 1. The average Bonchev–Trinajstić information content (AvgIpc) is 2.49. The molecule has 0 fully saturated rings. The van der Waals surface area contributed by atoms with Gasteiger partial charge in [-0.2, -0.15) is 0 Å². The molecule has 23 heavy (non-hydrogen) atoms. The number of benzene rings is 2. The van der Waals surface area contributed by atoms with E-state index >= 15 is 0 Å². The van der Waals surface area contributed by atoms with Crippen LogP contribution < -0.4 is 5.32 Å². The van der Waals surface area contributed by atoms with Crippen LogP contribution in [0.2, 0.25) is 5.02 Å². The summed E-state index contributed by atoms with van der Waals surface area (Å²) in [4.78, 5) is 13.5. The normalized spacial score (nSPS) is 12.7. The fourth-order valence-corrected chi connectivity index (χ4v) is 3.35. The van der Waals surface area contributed by atoms with E-state index in [9.17, 15) is 4.79 Å². The molecule has 1 atom stereocenters. The highest BCUT2D eigenvalue weighted by molar-refractivity contribution is 8.00. The highest BCUT2D eigenvalue weighted by Crippen LogP contribution is 2.25. The van der Waals surface area contributed by atoms with Crippen LogP contribution in [0.1, 0.15) is 26.3 Å². The lowest BCUT2D eigenvalue weighted by Crippen LogP contribution is -2.47. The van der Waals surface area contributed by atoms with Crippen LogP contribution in [0.15, 0.2) is 59.5 Å². The van der Waals surface area contributed by atoms with E-state index in [1.54, 1.807) is 0 Å². The molecule has 2 aromatic rings. The smallest absolute Gasteiger partial charge is 0.233 e. The summed E-state index contributed by atoms with van der Waals surface area (Å²) in [5, 5.41) is 3.69. The third-order valence-electron chi connectivity index (χ3n) is 3.45. The first-order valence-electron chi connectivity index (χ1n) is 7.64. The topological polar surface area (TPSA) is 29.1 Å². The molecular weight excluding hydrogens is 326 g/mol. The summed E-state index contributed by atoms with van der Waals surface area (Å²) in [6.45, 7) is 6.03. The minimum atomic E-state index is -0.284. The Hall–Kier alpha value is -1.45. The van der Waals surface area contributed by atoms with Gasteiger partial charge >= 0.3 is 0 Å². The molecule has 1 amide bonds. The molecule has 0 saturated heterocycles. The maximum atomic E-state index is 12.5. The molecule has 0 aliphatic heterocycles. The number of rotatable bonds is 6. The second kappa shape index (κ2) is 7.89. The zero-order valence-electron chi connectivity index (χ0n) is 13.7. The van der Waals surface area contributed by atoms with Gasteiger partial charge in [0, 0.05) is 15.5 Å². The molecule has 0 unspecified atom stereocenters. The van der Waals surface area contributed by atoms with E-state index < -0.39 is 0 Å². The van der Waals surface area contributed by atoms with E-state index in [2.05, 4.69) is 31.3 Å². The molecule has 2 rings (SSSR count). The van der Waals surface area contributed by atoms with E-state index in [1.807, 2.05) is 49.4 Å². The fraction of sp³-hybridized carbons (Fsp3) is 0.316. The summed E-state index contributed by atoms with van der Waals surface area (Å²) < 4.78 is 0. The third-order valence-corrected chi connectivity index (χ3v) is 4.81. The van der Waals surface area contributed by atoms with Crippen LogP contribution in [-0.2, 0) is 11.2 Å². The van der Waals surface area contributed by atoms with Crippen molar-refractivity contribution in [2.24, 2.45) is 0 Å². The Labute approximate surface area is 147 Å². The maximum Gasteiger partial charge on any atom is 0.233 e. The highest BCUT2D eigenvalue weighted by atomic mass is 35.5. The Kier molecular flexibility index (Phi) is 6.14. The van der Waals surface area contributed by atoms with Crippen LogP contribution in [0, 0.1) is 0 Å². The Morgan fingerprint density at radius 2 is 1.74 bits per heavy atom. The van der Waals surface area contributed by atoms with Gasteiger partial charge in [-0.1, -0.05) is 41.9 Å². The molecule has 0 aliphatic rings. The van der Waals surface area contributed by atoms with Crippen molar-refractivity contribution in [3.05, 3.63) is 65.2 Å². The molecule has 0 spiro atoms. The number of carbonyl (C=O) groups is 1. The summed E-state index contributed by atoms with van der Waals surface area (Å²) in [6.07, 6.45) is 0.803. The molecule has 0 bridgehead atoms. The lowest BCUT2D eigenvalue weighted by molar-refractivity contribution is -0.121. The Morgan fingerprint density at radius 3 is 2.35 bits per heavy atom. The molecule has 4 heteroatoms. The summed E-state index contributed by atoms with van der Waals surface area (Å²) in [6, 6.07) is 17.8. The molecule has 2 aromatic carbocycles. The Balaban J connectivity index is 1.92. The van der Waals surface area contributed by atoms with Gasteiger partial charge in [-0.15, -0.1) is 11.8 Å². The zero-order valence-corrected chi connectivity index (χ0v) is 15.2. The molecule has 0 heterocycles. The van der Waals surface area contributed by atoms with Gasteiger partial charge in [0.2, 0.25) is 5.91 Å². The van der Waals surface area contributed by atoms with E-state index in [0.717, 1.165) is 11.3 Å². The van der Waals surface area contributed by atoms with Gasteiger partial charge in [0.15, 0.2) is 0 Å². The van der Waals surface area contributed by atoms with Gasteiger partial charge < -0.3 is 5.32 Å². The molecule has 1 N–H and O–H groups in total. The third kappa shape index (κ3) is 5.92. The Bertz CT molecular complexity index is 640. The minimum Gasteiger partial charge on any atom is -0.350 e. The number of carbonyl (C=O) groups excluding carboxylic acids is 1. The summed E-state index contributed by atoms with van der Waals surface area (Å²) in [7, 11) is 0. The van der Waals surface area contributed by atoms with Crippen LogP contribution in [0.25, 0.3) is 0 Å². The molecule has 0 saturated carbocycles. The van der Waals surface area contributed by atoms with Crippen LogP contribution in [0.3, 0.4) is 0 Å². The first kappa shape index (κ1) is 17.9. The van der Waals surface area contributed by atoms with Crippen LogP contribution >= 0.6 is 23.4 Å². The van der Waals surface area contributed by atoms with Crippen molar-refractivity contribution >= 4 is 29.3 Å². The fourth-order valence-electron chi connectivity index (χ4n) is 2.36. The first-order chi connectivity index (χ1) is 10.9. The lowest BCUT2D eigenvalue weighted by atomic mass is 9.95. The Morgan fingerprint density at radius 1 is 1.13 bits per heavy atom. The van der Waals surface area contributed by atoms with Gasteiger partial charge in [0.25, 0.3) is 0 Å². The van der Waals surface area contributed by atoms with Crippen molar-refractivity contribution in [1.29, 1.82) is 0 Å². The standard InChI is InChI=1S/C19H22ClNOS/c1-14(23-17-11-9-16(20)10-12-17)18(22)21-19(2,3)13-15-7-5-4-6-8-15/h4-12,14H,13H2,1-3H3,(H,21,22)/t14-/m0/s1. The number of hydrogen-bond acceptors (Lipinski definition) is 2. The summed E-state index contributed by atoms with van der Waals surface area (Å²) >= 11 is 7.42. The second-order valence-corrected chi connectivity index (χ2v) is 8.10. The summed E-state index contributed by atoms with van der Waals surface area (Å²) in [5.74, 6) is 0.0471. The predicted octanol–water partition coefficient (Wildman–Crippen LogP) is 4.96. The molecule has 2 nitrogen and oxygen atoms in total. The monoisotopic (exact) mass is 347 g/mol. The molecule has 0 radical (unpaired) electrons. The number of hydrogen-bond donors (Lipinski definition) is 1. The lowest BCUT2D eigenvalue weighted by Gasteiger charge is -2.28. The SMILES string of the molecule is C[C@H](Sc1ccc(Cl)cc1)C(=O)NC(C)(C)Cc1ccccc1. The van der Waals surface area contributed by atoms with Gasteiger partial charge in [-0.3, -0.25) is 4.79 Å². The predicted molar refractivity (Wildman–Crippen MR) is 99.1 cm³/mol. The largest absolute Gasteiger partial charge is 0.350 e. The first-order valence-corrected chi connectivity index (χ1v) is 8.90. The van der Waals surface area contributed by atoms with Crippen LogP contribution in [0.4, 0.5) is 0 Å². The van der Waals surface area contributed by atoms with Gasteiger partial charge in [-0.25, -0.2) is 0 Å². The van der Waals surface area contributed by atoms with Gasteiger partial charge in [0.1, 0.15) is 0 Å². The van der Waals surface area contributed by atoms with E-state index in [-0.39, 0.29) is 16.7 Å². The summed E-state index contributed by atoms with van der Waals surface area (Å²) in [5.41, 5.74) is 0.934. The van der Waals surface area contributed by atoms with Gasteiger partial charge in [0.05, 0.1) is 5.25 Å². The highest BCUT2D eigenvalue weighted by Gasteiger charge is 2.24. The molecule has 0 aliphatic carbocycles. The van der Waals surface area contributed by atoms with E-state index in [0.29, 0.717) is 5.02 Å². The minimum absolute atomic E-state index is 0.0471. The molecular formula is C19H22ClNOS. The van der Waals surface area contributed by atoms with Gasteiger partial charge in [-0.05, 0) is 57.0 Å². The number of halogens is 1. The van der Waals surface area contributed by atoms with Crippen molar-refractivity contribution in [1.82, 2.24) is 5.32 Å². The quantitative estimate of drug-likeness (QED) is 0.748. The maximum absolute atomic E-state index is 12.5. The van der Waals surface area contributed by atoms with Crippen molar-refractivity contribution < 1.29 is 4.79 Å². The molecule has 122 valence electrons. The van der Waals surface area contributed by atoms with E-state index in [1.165, 1.54) is 17.3 Å².